The van der Waals surface area contributed by atoms with Crippen LogP contribution in [-0.4, -0.2) is 11.6 Å². The molecule has 1 aromatic carbocycles. The van der Waals surface area contributed by atoms with Crippen molar-refractivity contribution < 1.29 is 13.9 Å². The molecule has 0 heterocycles. The SMILES string of the molecule is CC(C)(C)OC(=O)C=Cc1ccc(Br)c(F)c1. The molecule has 4 heteroatoms. The maximum Gasteiger partial charge on any atom is 0.331 e. The number of esters is 1. The molecule has 0 amide bonds. The van der Waals surface area contributed by atoms with E-state index in [9.17, 15) is 9.18 Å². The predicted octanol–water partition coefficient (Wildman–Crippen LogP) is 3.94. The molecule has 2 nitrogen and oxygen atoms in total. The van der Waals surface area contributed by atoms with Crippen LogP contribution in [-0.2, 0) is 9.53 Å². The molecule has 0 aromatic heterocycles. The van der Waals surface area contributed by atoms with Crippen LogP contribution in [0.25, 0.3) is 6.08 Å². The third-order valence-corrected chi connectivity index (χ3v) is 2.41. The number of ether oxygens (including phenoxy) is 1. The molecule has 0 aliphatic rings. The molecule has 0 N–H and O–H groups in total. The van der Waals surface area contributed by atoms with Gasteiger partial charge in [0.25, 0.3) is 0 Å². The maximum absolute atomic E-state index is 13.2. The molecule has 1 aromatic rings. The smallest absolute Gasteiger partial charge is 0.331 e. The van der Waals surface area contributed by atoms with E-state index in [1.165, 1.54) is 18.2 Å². The quantitative estimate of drug-likeness (QED) is 0.611. The number of rotatable bonds is 2. The Morgan fingerprint density at radius 2 is 2.06 bits per heavy atom. The van der Waals surface area contributed by atoms with Crippen LogP contribution in [0.3, 0.4) is 0 Å². The van der Waals surface area contributed by atoms with E-state index >= 15 is 0 Å². The minimum atomic E-state index is -0.521. The molecule has 1 rings (SSSR count). The van der Waals surface area contributed by atoms with Gasteiger partial charge in [-0.05, 0) is 60.5 Å². The van der Waals surface area contributed by atoms with Crippen LogP contribution < -0.4 is 0 Å². The fourth-order valence-electron chi connectivity index (χ4n) is 1.12. The topological polar surface area (TPSA) is 26.3 Å². The highest BCUT2D eigenvalue weighted by molar-refractivity contribution is 9.10. The normalized spacial score (nSPS) is 11.8. The van der Waals surface area contributed by atoms with Crippen molar-refractivity contribution >= 4 is 28.0 Å². The van der Waals surface area contributed by atoms with Crippen molar-refractivity contribution in [3.8, 4) is 0 Å². The van der Waals surface area contributed by atoms with Crippen LogP contribution in [0.2, 0.25) is 0 Å². The van der Waals surface area contributed by atoms with Gasteiger partial charge in [0, 0.05) is 6.08 Å². The standard InChI is InChI=1S/C13H14BrFO2/c1-13(2,3)17-12(16)7-5-9-4-6-10(14)11(15)8-9/h4-8H,1-3H3. The van der Waals surface area contributed by atoms with Crippen LogP contribution in [0, 0.1) is 5.82 Å². The van der Waals surface area contributed by atoms with Gasteiger partial charge in [-0.1, -0.05) is 6.07 Å². The lowest BCUT2D eigenvalue weighted by Crippen LogP contribution is -2.22. The molecule has 0 bridgehead atoms. The van der Waals surface area contributed by atoms with Crippen molar-refractivity contribution in [3.63, 3.8) is 0 Å². The van der Waals surface area contributed by atoms with E-state index in [0.29, 0.717) is 10.0 Å². The fraction of sp³-hybridized carbons (Fsp3) is 0.308. The lowest BCUT2D eigenvalue weighted by atomic mass is 10.2. The summed E-state index contributed by atoms with van der Waals surface area (Å²) in [6.07, 6.45) is 2.80. The third-order valence-electron chi connectivity index (χ3n) is 1.76. The summed E-state index contributed by atoms with van der Waals surface area (Å²) in [5.74, 6) is -0.808. The van der Waals surface area contributed by atoms with E-state index in [2.05, 4.69) is 15.9 Å². The van der Waals surface area contributed by atoms with Crippen LogP contribution in [0.5, 0.6) is 0 Å². The Morgan fingerprint density at radius 3 is 2.59 bits per heavy atom. The Hall–Kier alpha value is -1.16. The van der Waals surface area contributed by atoms with Gasteiger partial charge in [-0.3, -0.25) is 0 Å². The molecule has 0 saturated carbocycles. The molecule has 0 radical (unpaired) electrons. The summed E-state index contributed by atoms with van der Waals surface area (Å²) in [6, 6.07) is 4.63. The second-order valence-electron chi connectivity index (χ2n) is 4.54. The van der Waals surface area contributed by atoms with Crippen LogP contribution >= 0.6 is 15.9 Å². The molecule has 0 spiro atoms. The number of benzene rings is 1. The maximum atomic E-state index is 13.2. The number of carbonyl (C=O) groups is 1. The van der Waals surface area contributed by atoms with Gasteiger partial charge >= 0.3 is 5.97 Å². The van der Waals surface area contributed by atoms with Crippen LogP contribution in [0.4, 0.5) is 4.39 Å². The molecule has 92 valence electrons. The molecular formula is C13H14BrFO2. The van der Waals surface area contributed by atoms with E-state index in [4.69, 9.17) is 4.74 Å². The highest BCUT2D eigenvalue weighted by Gasteiger charge is 2.13. The summed E-state index contributed by atoms with van der Waals surface area (Å²) in [5, 5.41) is 0. The summed E-state index contributed by atoms with van der Waals surface area (Å²) >= 11 is 3.06. The van der Waals surface area contributed by atoms with E-state index in [0.717, 1.165) is 0 Å². The predicted molar refractivity (Wildman–Crippen MR) is 69.0 cm³/mol. The second-order valence-corrected chi connectivity index (χ2v) is 5.39. The summed E-state index contributed by atoms with van der Waals surface area (Å²) < 4.78 is 18.7. The first-order valence-electron chi connectivity index (χ1n) is 5.14. The van der Waals surface area contributed by atoms with Gasteiger partial charge in [0.15, 0.2) is 0 Å². The summed E-state index contributed by atoms with van der Waals surface area (Å²) in [4.78, 5) is 11.4. The first kappa shape index (κ1) is 13.9. The van der Waals surface area contributed by atoms with Crippen molar-refractivity contribution in [2.24, 2.45) is 0 Å². The number of carbonyl (C=O) groups excluding carboxylic acids is 1. The van der Waals surface area contributed by atoms with Crippen molar-refractivity contribution in [3.05, 3.63) is 40.1 Å². The van der Waals surface area contributed by atoms with Gasteiger partial charge in [0.1, 0.15) is 11.4 Å². The summed E-state index contributed by atoms with van der Waals surface area (Å²) in [5.41, 5.74) is 0.0865. The summed E-state index contributed by atoms with van der Waals surface area (Å²) in [7, 11) is 0. The Bertz CT molecular complexity index is 447. The number of hydrogen-bond acceptors (Lipinski definition) is 2. The molecule has 0 unspecified atom stereocenters. The first-order chi connectivity index (χ1) is 7.78. The first-order valence-corrected chi connectivity index (χ1v) is 5.93. The third kappa shape index (κ3) is 5.13. The summed E-state index contributed by atoms with van der Waals surface area (Å²) in [6.45, 7) is 5.37. The molecule has 0 atom stereocenters. The second kappa shape index (κ2) is 5.45. The average molecular weight is 301 g/mol. The number of halogens is 2. The lowest BCUT2D eigenvalue weighted by molar-refractivity contribution is -0.148. The highest BCUT2D eigenvalue weighted by Crippen LogP contribution is 2.17. The van der Waals surface area contributed by atoms with Gasteiger partial charge < -0.3 is 4.74 Å². The highest BCUT2D eigenvalue weighted by atomic mass is 79.9. The van der Waals surface area contributed by atoms with Gasteiger partial charge in [-0.2, -0.15) is 0 Å². The van der Waals surface area contributed by atoms with Crippen LogP contribution in [0.1, 0.15) is 26.3 Å². The van der Waals surface area contributed by atoms with E-state index < -0.39 is 11.6 Å². The molecule has 0 aliphatic heterocycles. The Kier molecular flexibility index (Phi) is 4.46. The molecular weight excluding hydrogens is 287 g/mol. The van der Waals surface area contributed by atoms with Crippen LogP contribution in [0.15, 0.2) is 28.7 Å². The van der Waals surface area contributed by atoms with Gasteiger partial charge in [-0.15, -0.1) is 0 Å². The minimum absolute atomic E-state index is 0.365. The Labute approximate surface area is 109 Å². The van der Waals surface area contributed by atoms with Crippen molar-refractivity contribution in [2.45, 2.75) is 26.4 Å². The van der Waals surface area contributed by atoms with Crippen molar-refractivity contribution in [1.29, 1.82) is 0 Å². The fourth-order valence-corrected chi connectivity index (χ4v) is 1.36. The molecule has 0 aliphatic carbocycles. The van der Waals surface area contributed by atoms with Crippen molar-refractivity contribution in [2.75, 3.05) is 0 Å². The minimum Gasteiger partial charge on any atom is -0.457 e. The largest absolute Gasteiger partial charge is 0.457 e. The van der Waals surface area contributed by atoms with Gasteiger partial charge in [0.05, 0.1) is 4.47 Å². The Balaban J connectivity index is 2.71. The monoisotopic (exact) mass is 300 g/mol. The zero-order valence-corrected chi connectivity index (χ0v) is 11.5. The Morgan fingerprint density at radius 1 is 1.41 bits per heavy atom. The zero-order chi connectivity index (χ0) is 13.1. The lowest BCUT2D eigenvalue weighted by Gasteiger charge is -2.17. The van der Waals surface area contributed by atoms with E-state index in [1.807, 2.05) is 0 Å². The van der Waals surface area contributed by atoms with E-state index in [-0.39, 0.29) is 5.82 Å². The molecule has 17 heavy (non-hydrogen) atoms. The van der Waals surface area contributed by atoms with Gasteiger partial charge in [-0.25, -0.2) is 9.18 Å². The molecule has 0 fully saturated rings. The average Bonchev–Trinajstić information content (AvgIpc) is 2.17. The van der Waals surface area contributed by atoms with E-state index in [1.54, 1.807) is 32.9 Å². The zero-order valence-electron chi connectivity index (χ0n) is 9.96. The van der Waals surface area contributed by atoms with Crippen molar-refractivity contribution in [1.82, 2.24) is 0 Å². The van der Waals surface area contributed by atoms with Gasteiger partial charge in [0.2, 0.25) is 0 Å². The number of hydrogen-bond donors (Lipinski definition) is 0. The molecule has 0 saturated heterocycles.